The molecule has 0 saturated carbocycles. The highest BCUT2D eigenvalue weighted by Gasteiger charge is 2.14. The van der Waals surface area contributed by atoms with E-state index in [0.717, 1.165) is 28.0 Å². The second-order valence-corrected chi connectivity index (χ2v) is 7.38. The van der Waals surface area contributed by atoms with Gasteiger partial charge in [0.05, 0.1) is 10.7 Å². The first-order valence-electron chi connectivity index (χ1n) is 9.61. The van der Waals surface area contributed by atoms with Gasteiger partial charge in [-0.3, -0.25) is 4.79 Å². The molecular formula is C26H18ClNO3. The number of carboxylic acid groups (broad SMARTS) is 1. The number of halogens is 1. The molecule has 5 heteroatoms. The molecule has 0 fully saturated rings. The highest BCUT2D eigenvalue weighted by molar-refractivity contribution is 6.34. The second-order valence-electron chi connectivity index (χ2n) is 6.98. The molecule has 0 aliphatic rings. The molecule has 4 nitrogen and oxygen atoms in total. The number of carbonyl (C=O) groups excluding carboxylic acids is 1. The molecule has 4 aromatic carbocycles. The van der Waals surface area contributed by atoms with Gasteiger partial charge in [0, 0.05) is 11.6 Å². The lowest BCUT2D eigenvalue weighted by molar-refractivity contribution is -0.131. The van der Waals surface area contributed by atoms with Crippen LogP contribution in [0.25, 0.3) is 28.0 Å². The Labute approximate surface area is 184 Å². The average molecular weight is 428 g/mol. The van der Waals surface area contributed by atoms with Crippen LogP contribution in [0.15, 0.2) is 91.0 Å². The van der Waals surface area contributed by atoms with Crippen molar-refractivity contribution < 1.29 is 14.7 Å². The highest BCUT2D eigenvalue weighted by atomic mass is 35.5. The summed E-state index contributed by atoms with van der Waals surface area (Å²) >= 11 is 6.28. The number of aliphatic carboxylic acids is 1. The number of rotatable bonds is 5. The first-order chi connectivity index (χ1) is 15.0. The van der Waals surface area contributed by atoms with Crippen LogP contribution in [0.1, 0.15) is 15.9 Å². The first-order valence-corrected chi connectivity index (χ1v) is 9.99. The zero-order chi connectivity index (χ0) is 21.8. The van der Waals surface area contributed by atoms with Gasteiger partial charge in [0.2, 0.25) is 0 Å². The second kappa shape index (κ2) is 8.86. The number of anilines is 1. The smallest absolute Gasteiger partial charge is 0.328 e. The number of amides is 1. The van der Waals surface area contributed by atoms with Crippen molar-refractivity contribution in [1.82, 2.24) is 0 Å². The summed E-state index contributed by atoms with van der Waals surface area (Å²) in [4.78, 5) is 24.0. The van der Waals surface area contributed by atoms with Crippen molar-refractivity contribution in [2.75, 3.05) is 5.32 Å². The Morgan fingerprint density at radius 1 is 0.839 bits per heavy atom. The molecule has 0 radical (unpaired) electrons. The lowest BCUT2D eigenvalue weighted by Gasteiger charge is -2.13. The van der Waals surface area contributed by atoms with E-state index in [1.165, 1.54) is 6.08 Å². The Bertz CT molecular complexity index is 1310. The van der Waals surface area contributed by atoms with Crippen molar-refractivity contribution in [2.45, 2.75) is 0 Å². The van der Waals surface area contributed by atoms with Gasteiger partial charge in [-0.05, 0) is 57.8 Å². The van der Waals surface area contributed by atoms with Gasteiger partial charge < -0.3 is 10.4 Å². The Kier molecular flexibility index (Phi) is 5.83. The van der Waals surface area contributed by atoms with Crippen LogP contribution in [-0.2, 0) is 4.79 Å². The van der Waals surface area contributed by atoms with E-state index < -0.39 is 5.97 Å². The van der Waals surface area contributed by atoms with Gasteiger partial charge >= 0.3 is 5.97 Å². The normalized spacial score (nSPS) is 11.0. The van der Waals surface area contributed by atoms with Gasteiger partial charge in [0.25, 0.3) is 5.91 Å². The van der Waals surface area contributed by atoms with Crippen LogP contribution in [0.4, 0.5) is 5.69 Å². The van der Waals surface area contributed by atoms with Gasteiger partial charge in [-0.2, -0.15) is 0 Å². The predicted molar refractivity (Wildman–Crippen MR) is 125 cm³/mol. The monoisotopic (exact) mass is 427 g/mol. The summed E-state index contributed by atoms with van der Waals surface area (Å²) in [5.74, 6) is -1.35. The highest BCUT2D eigenvalue weighted by Crippen LogP contribution is 2.30. The first kappa shape index (κ1) is 20.4. The van der Waals surface area contributed by atoms with Crippen LogP contribution in [0.2, 0.25) is 5.02 Å². The summed E-state index contributed by atoms with van der Waals surface area (Å²) in [6.45, 7) is 0. The van der Waals surface area contributed by atoms with E-state index in [4.69, 9.17) is 16.7 Å². The topological polar surface area (TPSA) is 66.4 Å². The fourth-order valence-electron chi connectivity index (χ4n) is 3.40. The molecule has 0 atom stereocenters. The third-order valence-electron chi connectivity index (χ3n) is 4.87. The molecule has 0 spiro atoms. The zero-order valence-corrected chi connectivity index (χ0v) is 17.1. The summed E-state index contributed by atoms with van der Waals surface area (Å²) in [6.07, 6.45) is 2.48. The Balaban J connectivity index is 1.74. The molecule has 152 valence electrons. The molecule has 4 rings (SSSR count). The van der Waals surface area contributed by atoms with E-state index in [1.54, 1.807) is 18.2 Å². The zero-order valence-electron chi connectivity index (χ0n) is 16.4. The molecule has 2 N–H and O–H groups in total. The Hall–Kier alpha value is -3.89. The SMILES string of the molecule is O=C(O)/C=C/c1ccc(Cl)c(NC(=O)c2cc(-c3ccccc3)cc3ccccc23)c1. The van der Waals surface area contributed by atoms with Crippen molar-refractivity contribution in [3.05, 3.63) is 107 Å². The fraction of sp³-hybridized carbons (Fsp3) is 0. The Morgan fingerprint density at radius 3 is 2.35 bits per heavy atom. The third kappa shape index (κ3) is 4.65. The number of hydrogen-bond donors (Lipinski definition) is 2. The van der Waals surface area contributed by atoms with Crippen molar-refractivity contribution in [3.8, 4) is 11.1 Å². The van der Waals surface area contributed by atoms with E-state index >= 15 is 0 Å². The van der Waals surface area contributed by atoms with Crippen molar-refractivity contribution >= 4 is 46.0 Å². The van der Waals surface area contributed by atoms with Crippen LogP contribution in [0, 0.1) is 0 Å². The van der Waals surface area contributed by atoms with E-state index in [0.29, 0.717) is 21.8 Å². The number of nitrogens with one attached hydrogen (secondary N) is 1. The van der Waals surface area contributed by atoms with Crippen LogP contribution >= 0.6 is 11.6 Å². The van der Waals surface area contributed by atoms with Gasteiger partial charge in [-0.15, -0.1) is 0 Å². The van der Waals surface area contributed by atoms with E-state index in [2.05, 4.69) is 11.4 Å². The lowest BCUT2D eigenvalue weighted by atomic mass is 9.96. The standard InChI is InChI=1S/C26H18ClNO3/c27-23-12-10-17(11-13-25(29)30)14-24(23)28-26(31)22-16-20(18-6-2-1-3-7-18)15-19-8-4-5-9-21(19)22/h1-16H,(H,28,31)(H,29,30)/b13-11+. The number of benzene rings is 4. The molecule has 0 unspecified atom stereocenters. The summed E-state index contributed by atoms with van der Waals surface area (Å²) in [7, 11) is 0. The third-order valence-corrected chi connectivity index (χ3v) is 5.20. The van der Waals surface area contributed by atoms with Gasteiger partial charge in [-0.25, -0.2) is 4.79 Å². The van der Waals surface area contributed by atoms with Crippen LogP contribution in [-0.4, -0.2) is 17.0 Å². The number of carbonyl (C=O) groups is 2. The van der Waals surface area contributed by atoms with Crippen LogP contribution in [0.5, 0.6) is 0 Å². The van der Waals surface area contributed by atoms with Crippen molar-refractivity contribution in [3.63, 3.8) is 0 Å². The van der Waals surface area contributed by atoms with Crippen molar-refractivity contribution in [2.24, 2.45) is 0 Å². The summed E-state index contributed by atoms with van der Waals surface area (Å²) in [5.41, 5.74) is 3.51. The molecule has 0 bridgehead atoms. The minimum absolute atomic E-state index is 0.296. The van der Waals surface area contributed by atoms with E-state index in [9.17, 15) is 9.59 Å². The molecule has 0 aliphatic heterocycles. The molecule has 4 aromatic rings. The van der Waals surface area contributed by atoms with Crippen molar-refractivity contribution in [1.29, 1.82) is 0 Å². The summed E-state index contributed by atoms with van der Waals surface area (Å²) in [6, 6.07) is 26.5. The maximum Gasteiger partial charge on any atom is 0.328 e. The van der Waals surface area contributed by atoms with E-state index in [1.807, 2.05) is 60.7 Å². The molecule has 0 heterocycles. The maximum atomic E-state index is 13.3. The number of hydrogen-bond acceptors (Lipinski definition) is 2. The summed E-state index contributed by atoms with van der Waals surface area (Å²) in [5, 5.41) is 13.9. The molecular weight excluding hydrogens is 410 g/mol. The van der Waals surface area contributed by atoms with Crippen LogP contribution in [0.3, 0.4) is 0 Å². The molecule has 31 heavy (non-hydrogen) atoms. The largest absolute Gasteiger partial charge is 0.478 e. The minimum Gasteiger partial charge on any atom is -0.478 e. The minimum atomic E-state index is -1.05. The average Bonchev–Trinajstić information content (AvgIpc) is 2.79. The van der Waals surface area contributed by atoms with Gasteiger partial charge in [-0.1, -0.05) is 72.3 Å². The molecule has 0 saturated heterocycles. The lowest BCUT2D eigenvalue weighted by Crippen LogP contribution is -2.13. The fourth-order valence-corrected chi connectivity index (χ4v) is 3.56. The quantitative estimate of drug-likeness (QED) is 0.357. The number of fused-ring (bicyclic) bond motifs is 1. The van der Waals surface area contributed by atoms with Gasteiger partial charge in [0.15, 0.2) is 0 Å². The predicted octanol–water partition coefficient (Wildman–Crippen LogP) is 6.51. The summed E-state index contributed by atoms with van der Waals surface area (Å²) < 4.78 is 0. The van der Waals surface area contributed by atoms with Gasteiger partial charge in [0.1, 0.15) is 0 Å². The molecule has 0 aromatic heterocycles. The Morgan fingerprint density at radius 2 is 1.58 bits per heavy atom. The molecule has 0 aliphatic carbocycles. The maximum absolute atomic E-state index is 13.3. The van der Waals surface area contributed by atoms with E-state index in [-0.39, 0.29) is 5.91 Å². The molecule has 1 amide bonds. The number of carboxylic acids is 1. The van der Waals surface area contributed by atoms with Crippen LogP contribution < -0.4 is 5.32 Å².